The second kappa shape index (κ2) is 7.30. The third-order valence-electron chi connectivity index (χ3n) is 3.38. The lowest BCUT2D eigenvalue weighted by atomic mass is 10.3. The fourth-order valence-corrected chi connectivity index (χ4v) is 1.75. The summed E-state index contributed by atoms with van der Waals surface area (Å²) in [6.07, 6.45) is 1.43. The summed E-state index contributed by atoms with van der Waals surface area (Å²) < 4.78 is 4.72. The summed E-state index contributed by atoms with van der Waals surface area (Å²) in [6, 6.07) is 0.528. The molecule has 1 fully saturated rings. The molecule has 0 bridgehead atoms. The number of methoxy groups -OCH3 is 1. The van der Waals surface area contributed by atoms with Crippen molar-refractivity contribution in [3.05, 3.63) is 0 Å². The number of ether oxygens (including phenoxy) is 1. The molecule has 0 aliphatic heterocycles. The highest BCUT2D eigenvalue weighted by Gasteiger charge is 2.29. The van der Waals surface area contributed by atoms with Crippen LogP contribution in [0.4, 0.5) is 4.79 Å². The Morgan fingerprint density at radius 3 is 2.42 bits per heavy atom. The zero-order valence-corrected chi connectivity index (χ0v) is 11.7. The highest BCUT2D eigenvalue weighted by atomic mass is 16.5. The smallest absolute Gasteiger partial charge is 0.334 e. The van der Waals surface area contributed by atoms with Crippen LogP contribution >= 0.6 is 0 Å². The van der Waals surface area contributed by atoms with Crippen LogP contribution in [0, 0.1) is 0 Å². The van der Waals surface area contributed by atoms with Crippen LogP contribution < -0.4 is 10.6 Å². The molecule has 2 amide bonds. The van der Waals surface area contributed by atoms with Crippen molar-refractivity contribution < 1.29 is 19.4 Å². The molecule has 2 unspecified atom stereocenters. The SMILES string of the molecule is COC(CNC(=O)NCC(C)N(C)C1CC1)C(=O)O. The fourth-order valence-electron chi connectivity index (χ4n) is 1.75. The lowest BCUT2D eigenvalue weighted by molar-refractivity contribution is -0.147. The number of nitrogens with one attached hydrogen (secondary N) is 2. The van der Waals surface area contributed by atoms with E-state index in [0.717, 1.165) is 0 Å². The summed E-state index contributed by atoms with van der Waals surface area (Å²) in [5.74, 6) is -1.09. The van der Waals surface area contributed by atoms with Gasteiger partial charge < -0.3 is 20.5 Å². The molecule has 0 radical (unpaired) electrons. The molecule has 0 spiro atoms. The van der Waals surface area contributed by atoms with Crippen molar-refractivity contribution in [2.45, 2.75) is 38.0 Å². The van der Waals surface area contributed by atoms with Crippen molar-refractivity contribution in [1.82, 2.24) is 15.5 Å². The molecule has 1 saturated carbocycles. The predicted molar refractivity (Wildman–Crippen MR) is 70.1 cm³/mol. The summed E-state index contributed by atoms with van der Waals surface area (Å²) in [4.78, 5) is 24.4. The maximum atomic E-state index is 11.5. The zero-order valence-electron chi connectivity index (χ0n) is 11.7. The fraction of sp³-hybridized carbons (Fsp3) is 0.833. The van der Waals surface area contributed by atoms with Crippen molar-refractivity contribution >= 4 is 12.0 Å². The molecule has 0 saturated heterocycles. The standard InChI is InChI=1S/C12H23N3O4/c1-8(15(2)9-4-5-9)6-13-12(18)14-7-10(19-3)11(16)17/h8-10H,4-7H2,1-3H3,(H,16,17)(H2,13,14,18). The number of hydrogen-bond donors (Lipinski definition) is 3. The molecule has 110 valence electrons. The van der Waals surface area contributed by atoms with E-state index < -0.39 is 12.1 Å². The number of carboxylic acids is 1. The van der Waals surface area contributed by atoms with Crippen LogP contribution in [0.1, 0.15) is 19.8 Å². The second-order valence-corrected chi connectivity index (χ2v) is 4.90. The van der Waals surface area contributed by atoms with Crippen molar-refractivity contribution in [2.24, 2.45) is 0 Å². The monoisotopic (exact) mass is 273 g/mol. The summed E-state index contributed by atoms with van der Waals surface area (Å²) in [7, 11) is 3.35. The molecule has 0 aromatic heterocycles. The first-order chi connectivity index (χ1) is 8.95. The number of urea groups is 1. The summed E-state index contributed by atoms with van der Waals surface area (Å²) in [5.41, 5.74) is 0. The largest absolute Gasteiger partial charge is 0.479 e. The molecule has 19 heavy (non-hydrogen) atoms. The van der Waals surface area contributed by atoms with E-state index in [4.69, 9.17) is 9.84 Å². The maximum Gasteiger partial charge on any atom is 0.334 e. The lowest BCUT2D eigenvalue weighted by Crippen LogP contribution is -2.47. The molecule has 0 aromatic carbocycles. The highest BCUT2D eigenvalue weighted by Crippen LogP contribution is 2.26. The van der Waals surface area contributed by atoms with Gasteiger partial charge in [-0.05, 0) is 26.8 Å². The van der Waals surface area contributed by atoms with Gasteiger partial charge in [-0.1, -0.05) is 0 Å². The van der Waals surface area contributed by atoms with Crippen molar-refractivity contribution in [2.75, 3.05) is 27.2 Å². The van der Waals surface area contributed by atoms with Crippen LogP contribution in [-0.4, -0.2) is 67.4 Å². The van der Waals surface area contributed by atoms with E-state index >= 15 is 0 Å². The first-order valence-electron chi connectivity index (χ1n) is 6.45. The van der Waals surface area contributed by atoms with E-state index in [-0.39, 0.29) is 18.6 Å². The van der Waals surface area contributed by atoms with Gasteiger partial charge in [0.1, 0.15) is 0 Å². The van der Waals surface area contributed by atoms with Gasteiger partial charge in [0.05, 0.1) is 6.54 Å². The van der Waals surface area contributed by atoms with Crippen molar-refractivity contribution in [3.63, 3.8) is 0 Å². The minimum absolute atomic E-state index is 0.0511. The van der Waals surface area contributed by atoms with E-state index in [1.807, 2.05) is 14.0 Å². The first-order valence-corrected chi connectivity index (χ1v) is 6.45. The zero-order chi connectivity index (χ0) is 14.4. The number of nitrogens with zero attached hydrogens (tertiary/aromatic N) is 1. The summed E-state index contributed by atoms with van der Waals surface area (Å²) >= 11 is 0. The van der Waals surface area contributed by atoms with Gasteiger partial charge in [-0.15, -0.1) is 0 Å². The molecule has 1 aliphatic carbocycles. The molecule has 0 aromatic rings. The van der Waals surface area contributed by atoms with Crippen molar-refractivity contribution in [1.29, 1.82) is 0 Å². The third-order valence-corrected chi connectivity index (χ3v) is 3.38. The molecule has 3 N–H and O–H groups in total. The van der Waals surface area contributed by atoms with Crippen LogP contribution in [-0.2, 0) is 9.53 Å². The predicted octanol–water partition coefficient (Wildman–Crippen LogP) is -0.132. The van der Waals surface area contributed by atoms with Crippen LogP contribution in [0.5, 0.6) is 0 Å². The number of amides is 2. The van der Waals surface area contributed by atoms with Crippen LogP contribution in [0.2, 0.25) is 0 Å². The number of hydrogen-bond acceptors (Lipinski definition) is 4. The van der Waals surface area contributed by atoms with Crippen LogP contribution in [0.25, 0.3) is 0 Å². The van der Waals surface area contributed by atoms with Gasteiger partial charge in [0, 0.05) is 25.7 Å². The second-order valence-electron chi connectivity index (χ2n) is 4.90. The highest BCUT2D eigenvalue weighted by molar-refractivity contribution is 5.76. The quantitative estimate of drug-likeness (QED) is 0.573. The Morgan fingerprint density at radius 2 is 1.95 bits per heavy atom. The van der Waals surface area contributed by atoms with Gasteiger partial charge in [0.25, 0.3) is 0 Å². The number of carbonyl (C=O) groups is 2. The average Bonchev–Trinajstić information content (AvgIpc) is 3.19. The Morgan fingerprint density at radius 1 is 1.37 bits per heavy atom. The van der Waals surface area contributed by atoms with Gasteiger partial charge in [-0.25, -0.2) is 9.59 Å². The Balaban J connectivity index is 2.18. The Hall–Kier alpha value is -1.34. The number of rotatable bonds is 8. The van der Waals surface area contributed by atoms with Crippen molar-refractivity contribution in [3.8, 4) is 0 Å². The molecule has 7 nitrogen and oxygen atoms in total. The topological polar surface area (TPSA) is 90.9 Å². The Labute approximate surface area is 113 Å². The Bertz CT molecular complexity index is 320. The third kappa shape index (κ3) is 5.44. The van der Waals surface area contributed by atoms with Gasteiger partial charge in [-0.2, -0.15) is 0 Å². The lowest BCUT2D eigenvalue weighted by Gasteiger charge is -2.24. The molecule has 1 aliphatic rings. The summed E-state index contributed by atoms with van der Waals surface area (Å²) in [6.45, 7) is 2.53. The van der Waals surface area contributed by atoms with Crippen LogP contribution in [0.15, 0.2) is 0 Å². The van der Waals surface area contributed by atoms with Gasteiger partial charge in [-0.3, -0.25) is 4.90 Å². The van der Waals surface area contributed by atoms with E-state index in [1.54, 1.807) is 0 Å². The van der Waals surface area contributed by atoms with E-state index in [0.29, 0.717) is 12.6 Å². The van der Waals surface area contributed by atoms with E-state index in [9.17, 15) is 9.59 Å². The minimum atomic E-state index is -1.09. The van der Waals surface area contributed by atoms with Gasteiger partial charge in [0.15, 0.2) is 6.10 Å². The number of aliphatic carboxylic acids is 1. The van der Waals surface area contributed by atoms with Gasteiger partial charge in [0.2, 0.25) is 0 Å². The first kappa shape index (κ1) is 15.7. The minimum Gasteiger partial charge on any atom is -0.479 e. The average molecular weight is 273 g/mol. The van der Waals surface area contributed by atoms with Gasteiger partial charge >= 0.3 is 12.0 Å². The molecular formula is C12H23N3O4. The Kier molecular flexibility index (Phi) is 6.04. The molecule has 1 rings (SSSR count). The summed E-state index contributed by atoms with van der Waals surface area (Å²) in [5, 5.41) is 13.9. The van der Waals surface area contributed by atoms with E-state index in [2.05, 4.69) is 15.5 Å². The number of likely N-dealkylation sites (N-methyl/N-ethyl adjacent to an activating group) is 1. The number of carboxylic acid groups (broad SMARTS) is 1. The molecule has 2 atom stereocenters. The molecule has 0 heterocycles. The number of carbonyl (C=O) groups excluding carboxylic acids is 1. The maximum absolute atomic E-state index is 11.5. The normalized spacial score (nSPS) is 17.9. The molecule has 7 heteroatoms. The van der Waals surface area contributed by atoms with E-state index in [1.165, 1.54) is 20.0 Å². The molecular weight excluding hydrogens is 250 g/mol. The van der Waals surface area contributed by atoms with Crippen LogP contribution in [0.3, 0.4) is 0 Å².